The second-order valence-corrected chi connectivity index (χ2v) is 12.8. The van der Waals surface area contributed by atoms with Gasteiger partial charge in [-0.05, 0) is 33.6 Å². The van der Waals surface area contributed by atoms with Crippen LogP contribution in [0.1, 0.15) is 40.0 Å². The molecule has 1 heterocycles. The highest BCUT2D eigenvalue weighted by atomic mass is 28.3. The highest BCUT2D eigenvalue weighted by molar-refractivity contribution is 6.83. The quantitative estimate of drug-likeness (QED) is 0.564. The van der Waals surface area contributed by atoms with Crippen molar-refractivity contribution in [2.24, 2.45) is 0 Å². The summed E-state index contributed by atoms with van der Waals surface area (Å²) in [5, 5.41) is 0. The maximum atomic E-state index is 12.0. The number of piperidine rings is 1. The molecule has 1 aliphatic heterocycles. The zero-order chi connectivity index (χ0) is 18.2. The lowest BCUT2D eigenvalue weighted by Gasteiger charge is -2.33. The van der Waals surface area contributed by atoms with E-state index in [9.17, 15) is 4.79 Å². The summed E-state index contributed by atoms with van der Waals surface area (Å²) in [5.41, 5.74) is 2.84. The zero-order valence-electron chi connectivity index (χ0n) is 16.0. The summed E-state index contributed by atoms with van der Waals surface area (Å²) in [6.45, 7) is 14.1. The van der Waals surface area contributed by atoms with Crippen molar-refractivity contribution in [3.8, 4) is 23.3 Å². The third kappa shape index (κ3) is 9.65. The lowest BCUT2D eigenvalue weighted by Crippen LogP contribution is -2.43. The molecule has 0 aromatic rings. The maximum Gasteiger partial charge on any atom is 0.410 e. The molecule has 0 radical (unpaired) electrons. The molecule has 0 aromatic heterocycles. The number of hydrogen-bond donors (Lipinski definition) is 0. The standard InChI is InChI=1S/C19H31NO3Si/c1-19(2,3)23-18(21)20-13-11-17(12-14-20)22-15-9-7-8-10-16-24(4,5)6/h17H,8,11-15H2,1-6H3. The summed E-state index contributed by atoms with van der Waals surface area (Å²) in [4.78, 5) is 13.7. The molecule has 1 aliphatic rings. The van der Waals surface area contributed by atoms with E-state index < -0.39 is 13.7 Å². The van der Waals surface area contributed by atoms with E-state index in [-0.39, 0.29) is 12.2 Å². The Hall–Kier alpha value is -1.43. The summed E-state index contributed by atoms with van der Waals surface area (Å²) in [5.74, 6) is 9.18. The molecule has 0 bridgehead atoms. The Morgan fingerprint density at radius 3 is 2.29 bits per heavy atom. The number of ether oxygens (including phenoxy) is 2. The van der Waals surface area contributed by atoms with Crippen LogP contribution < -0.4 is 0 Å². The molecule has 0 aliphatic carbocycles. The van der Waals surface area contributed by atoms with Gasteiger partial charge in [0.1, 0.15) is 20.3 Å². The van der Waals surface area contributed by atoms with E-state index in [4.69, 9.17) is 9.47 Å². The summed E-state index contributed by atoms with van der Waals surface area (Å²) < 4.78 is 11.2. The first-order valence-corrected chi connectivity index (χ1v) is 12.1. The number of amides is 1. The van der Waals surface area contributed by atoms with E-state index in [1.54, 1.807) is 4.90 Å². The van der Waals surface area contributed by atoms with Gasteiger partial charge in [-0.3, -0.25) is 0 Å². The molecular weight excluding hydrogens is 318 g/mol. The van der Waals surface area contributed by atoms with E-state index in [1.807, 2.05) is 20.8 Å². The van der Waals surface area contributed by atoms with Crippen LogP contribution >= 0.6 is 0 Å². The Morgan fingerprint density at radius 1 is 1.12 bits per heavy atom. The number of nitrogens with zero attached hydrogens (tertiary/aromatic N) is 1. The largest absolute Gasteiger partial charge is 0.444 e. The van der Waals surface area contributed by atoms with E-state index >= 15 is 0 Å². The fourth-order valence-corrected chi connectivity index (χ4v) is 2.78. The van der Waals surface area contributed by atoms with Gasteiger partial charge in [0, 0.05) is 13.1 Å². The zero-order valence-corrected chi connectivity index (χ0v) is 17.0. The molecule has 1 rings (SSSR count). The Kier molecular flexibility index (Phi) is 7.86. The minimum absolute atomic E-state index is 0.172. The molecule has 5 heteroatoms. The van der Waals surface area contributed by atoms with Gasteiger partial charge in [0.05, 0.1) is 12.5 Å². The summed E-state index contributed by atoms with van der Waals surface area (Å²) in [6, 6.07) is 0. The molecule has 0 spiro atoms. The van der Waals surface area contributed by atoms with Gasteiger partial charge in [-0.2, -0.15) is 0 Å². The van der Waals surface area contributed by atoms with Crippen molar-refractivity contribution in [1.29, 1.82) is 0 Å². The molecule has 1 fully saturated rings. The molecular formula is C19H31NO3Si. The fraction of sp³-hybridized carbons (Fsp3) is 0.737. The number of likely N-dealkylation sites (tertiary alicyclic amines) is 1. The Balaban J connectivity index is 2.23. The normalized spacial score (nSPS) is 15.8. The Labute approximate surface area is 148 Å². The van der Waals surface area contributed by atoms with Gasteiger partial charge in [-0.25, -0.2) is 4.79 Å². The van der Waals surface area contributed by atoms with Crippen LogP contribution in [-0.4, -0.2) is 50.5 Å². The first-order valence-electron chi connectivity index (χ1n) is 8.62. The maximum absolute atomic E-state index is 12.0. The molecule has 0 unspecified atom stereocenters. The molecule has 134 valence electrons. The predicted octanol–water partition coefficient (Wildman–Crippen LogP) is 3.68. The molecule has 24 heavy (non-hydrogen) atoms. The first-order chi connectivity index (χ1) is 11.1. The van der Waals surface area contributed by atoms with Crippen LogP contribution in [0.4, 0.5) is 4.79 Å². The van der Waals surface area contributed by atoms with E-state index in [0.29, 0.717) is 26.1 Å². The highest BCUT2D eigenvalue weighted by Crippen LogP contribution is 2.17. The number of rotatable bonds is 2. The van der Waals surface area contributed by atoms with Gasteiger partial charge in [0.25, 0.3) is 0 Å². The van der Waals surface area contributed by atoms with Crippen LogP contribution in [0.15, 0.2) is 0 Å². The second kappa shape index (κ2) is 9.16. The van der Waals surface area contributed by atoms with Crippen molar-refractivity contribution in [2.45, 2.75) is 71.4 Å². The molecule has 0 atom stereocenters. The first kappa shape index (κ1) is 20.6. The van der Waals surface area contributed by atoms with Crippen molar-refractivity contribution in [3.63, 3.8) is 0 Å². The minimum Gasteiger partial charge on any atom is -0.444 e. The second-order valence-electron chi connectivity index (χ2n) is 8.06. The number of carbonyl (C=O) groups is 1. The van der Waals surface area contributed by atoms with Crippen molar-refractivity contribution < 1.29 is 14.3 Å². The van der Waals surface area contributed by atoms with E-state index in [2.05, 4.69) is 42.9 Å². The van der Waals surface area contributed by atoms with E-state index in [1.165, 1.54) is 0 Å². The van der Waals surface area contributed by atoms with Gasteiger partial charge in [0.15, 0.2) is 0 Å². The number of hydrogen-bond acceptors (Lipinski definition) is 3. The molecule has 1 amide bonds. The van der Waals surface area contributed by atoms with E-state index in [0.717, 1.165) is 12.8 Å². The van der Waals surface area contributed by atoms with Crippen molar-refractivity contribution >= 4 is 14.2 Å². The lowest BCUT2D eigenvalue weighted by molar-refractivity contribution is -0.00375. The van der Waals surface area contributed by atoms with Crippen LogP contribution in [-0.2, 0) is 9.47 Å². The molecule has 0 aromatic carbocycles. The molecule has 4 nitrogen and oxygen atoms in total. The van der Waals surface area contributed by atoms with Crippen LogP contribution in [0.2, 0.25) is 19.6 Å². The van der Waals surface area contributed by atoms with Crippen molar-refractivity contribution in [2.75, 3.05) is 19.7 Å². The fourth-order valence-electron chi connectivity index (χ4n) is 2.16. The lowest BCUT2D eigenvalue weighted by atomic mass is 10.1. The monoisotopic (exact) mass is 349 g/mol. The third-order valence-corrected chi connectivity index (χ3v) is 4.18. The predicted molar refractivity (Wildman–Crippen MR) is 100 cm³/mol. The highest BCUT2D eigenvalue weighted by Gasteiger charge is 2.26. The SMILES string of the molecule is CC(C)(C)OC(=O)N1CCC(OCC#CCC#C[Si](C)(C)C)CC1. The van der Waals surface area contributed by atoms with Crippen LogP contribution in [0.5, 0.6) is 0 Å². The minimum atomic E-state index is -1.29. The molecule has 1 saturated heterocycles. The van der Waals surface area contributed by atoms with Gasteiger partial charge in [-0.15, -0.1) is 5.54 Å². The average Bonchev–Trinajstić information content (AvgIpc) is 2.44. The third-order valence-electron chi connectivity index (χ3n) is 3.25. The average molecular weight is 350 g/mol. The van der Waals surface area contributed by atoms with Crippen molar-refractivity contribution in [3.05, 3.63) is 0 Å². The van der Waals surface area contributed by atoms with Crippen molar-refractivity contribution in [1.82, 2.24) is 4.90 Å². The molecule has 0 saturated carbocycles. The topological polar surface area (TPSA) is 38.8 Å². The van der Waals surface area contributed by atoms with Gasteiger partial charge < -0.3 is 14.4 Å². The Bertz CT molecular complexity index is 529. The van der Waals surface area contributed by atoms with Gasteiger partial charge >= 0.3 is 6.09 Å². The summed E-state index contributed by atoms with van der Waals surface area (Å²) in [7, 11) is -1.29. The van der Waals surface area contributed by atoms with Crippen LogP contribution in [0.25, 0.3) is 0 Å². The summed E-state index contributed by atoms with van der Waals surface area (Å²) in [6.07, 6.45) is 2.21. The number of carbonyl (C=O) groups excluding carboxylic acids is 1. The molecule has 0 N–H and O–H groups in total. The van der Waals surface area contributed by atoms with Gasteiger partial charge in [0.2, 0.25) is 0 Å². The van der Waals surface area contributed by atoms with Crippen LogP contribution in [0.3, 0.4) is 0 Å². The smallest absolute Gasteiger partial charge is 0.410 e. The summed E-state index contributed by atoms with van der Waals surface area (Å²) >= 11 is 0. The van der Waals surface area contributed by atoms with Crippen LogP contribution in [0, 0.1) is 23.3 Å². The Morgan fingerprint density at radius 2 is 1.75 bits per heavy atom. The van der Waals surface area contributed by atoms with Gasteiger partial charge in [-0.1, -0.05) is 37.4 Å².